The van der Waals surface area contributed by atoms with E-state index in [9.17, 15) is 0 Å². The monoisotopic (exact) mass is 514 g/mol. The van der Waals surface area contributed by atoms with Crippen LogP contribution in [0.2, 0.25) is 0 Å². The summed E-state index contributed by atoms with van der Waals surface area (Å²) >= 11 is 0. The summed E-state index contributed by atoms with van der Waals surface area (Å²) in [6.45, 7) is 0. The quantitative estimate of drug-likeness (QED) is 0.177. The normalized spacial score (nSPS) is 11.7. The van der Waals surface area contributed by atoms with Crippen molar-refractivity contribution in [3.8, 4) is 33.4 Å². The molecule has 40 heavy (non-hydrogen) atoms. The average molecular weight is 515 g/mol. The minimum atomic E-state index is 0.730. The molecule has 0 bridgehead atoms. The van der Waals surface area contributed by atoms with E-state index in [-0.39, 0.29) is 0 Å². The van der Waals surface area contributed by atoms with Gasteiger partial charge in [0.1, 0.15) is 0 Å². The van der Waals surface area contributed by atoms with Gasteiger partial charge >= 0.3 is 0 Å². The number of aromatic amines is 2. The zero-order valence-electron chi connectivity index (χ0n) is 21.7. The van der Waals surface area contributed by atoms with Crippen molar-refractivity contribution in [1.82, 2.24) is 9.97 Å². The summed E-state index contributed by atoms with van der Waals surface area (Å²) in [7, 11) is 0. The van der Waals surface area contributed by atoms with Crippen LogP contribution in [0.1, 0.15) is 0 Å². The Morgan fingerprint density at radius 1 is 0.400 bits per heavy atom. The number of fused-ring (bicyclic) bond motifs is 6. The molecule has 2 heterocycles. The van der Waals surface area contributed by atoms with E-state index in [1.807, 2.05) is 18.2 Å². The van der Waals surface area contributed by atoms with Crippen LogP contribution in [0.3, 0.4) is 0 Å². The highest BCUT2D eigenvalue weighted by molar-refractivity contribution is 6.18. The maximum atomic E-state index is 6.92. The van der Waals surface area contributed by atoms with Gasteiger partial charge in [0.2, 0.25) is 0 Å². The summed E-state index contributed by atoms with van der Waals surface area (Å²) in [6, 6.07) is 42.1. The molecule has 0 amide bonds. The molecular weight excluding hydrogens is 488 g/mol. The number of nitrogens with one attached hydrogen (secondary N) is 2. The van der Waals surface area contributed by atoms with Gasteiger partial charge in [-0.25, -0.2) is 0 Å². The fourth-order valence-electron chi connectivity index (χ4n) is 6.25. The first-order chi connectivity index (χ1) is 19.7. The van der Waals surface area contributed by atoms with E-state index in [4.69, 9.17) is 11.5 Å². The van der Waals surface area contributed by atoms with E-state index in [0.717, 1.165) is 66.8 Å². The molecule has 0 spiro atoms. The highest BCUT2D eigenvalue weighted by Gasteiger charge is 2.22. The number of nitrogen functional groups attached to an aromatic ring is 2. The molecule has 0 aliphatic carbocycles. The Hall–Kier alpha value is -5.48. The van der Waals surface area contributed by atoms with E-state index in [1.54, 1.807) is 0 Å². The Labute approximate surface area is 230 Å². The Morgan fingerprint density at radius 2 is 0.925 bits per heavy atom. The van der Waals surface area contributed by atoms with Crippen LogP contribution >= 0.6 is 0 Å². The first kappa shape index (κ1) is 22.5. The average Bonchev–Trinajstić information content (AvgIpc) is 3.56. The topological polar surface area (TPSA) is 83.6 Å². The molecule has 190 valence electrons. The number of hydrogen-bond donors (Lipinski definition) is 4. The van der Waals surface area contributed by atoms with Crippen molar-refractivity contribution in [2.45, 2.75) is 0 Å². The van der Waals surface area contributed by atoms with Crippen LogP contribution in [0, 0.1) is 0 Å². The summed E-state index contributed by atoms with van der Waals surface area (Å²) in [5, 5.41) is 4.78. The maximum absolute atomic E-state index is 6.92. The molecule has 4 nitrogen and oxygen atoms in total. The van der Waals surface area contributed by atoms with Crippen molar-refractivity contribution < 1.29 is 0 Å². The third-order valence-electron chi connectivity index (χ3n) is 8.08. The number of rotatable bonds is 3. The van der Waals surface area contributed by atoms with Gasteiger partial charge in [-0.3, -0.25) is 0 Å². The van der Waals surface area contributed by atoms with Gasteiger partial charge in [-0.05, 0) is 41.5 Å². The van der Waals surface area contributed by atoms with Crippen molar-refractivity contribution in [1.29, 1.82) is 0 Å². The highest BCUT2D eigenvalue weighted by Crippen LogP contribution is 2.48. The molecule has 8 rings (SSSR count). The SMILES string of the molecule is Nc1ccc(-c2ccc(N)c(-c3cccc4c3[nH]c3ccccc34)c2-c2cccc3c2[nH]c2ccccc23)cc1. The number of H-pyrrole nitrogens is 2. The van der Waals surface area contributed by atoms with E-state index in [0.29, 0.717) is 0 Å². The summed E-state index contributed by atoms with van der Waals surface area (Å²) in [5.41, 5.74) is 25.3. The Morgan fingerprint density at radius 3 is 1.52 bits per heavy atom. The molecule has 0 radical (unpaired) electrons. The fraction of sp³-hybridized carbons (Fsp3) is 0. The Balaban J connectivity index is 1.53. The lowest BCUT2D eigenvalue weighted by Crippen LogP contribution is -1.98. The molecular formula is C36H26N4. The molecule has 0 aliphatic rings. The van der Waals surface area contributed by atoms with Crippen LogP contribution in [0.15, 0.2) is 121 Å². The van der Waals surface area contributed by atoms with Gasteiger partial charge in [-0.1, -0.05) is 91.0 Å². The number of benzene rings is 6. The lowest BCUT2D eigenvalue weighted by Gasteiger charge is -2.20. The van der Waals surface area contributed by atoms with Crippen LogP contribution in [0.5, 0.6) is 0 Å². The fourth-order valence-corrected chi connectivity index (χ4v) is 6.25. The van der Waals surface area contributed by atoms with Crippen LogP contribution in [-0.2, 0) is 0 Å². The highest BCUT2D eigenvalue weighted by atomic mass is 14.7. The number of nitrogens with two attached hydrogens (primary N) is 2. The predicted octanol–water partition coefficient (Wildman–Crippen LogP) is 9.12. The molecule has 6 N–H and O–H groups in total. The number of anilines is 2. The summed E-state index contributed by atoms with van der Waals surface area (Å²) in [6.07, 6.45) is 0. The standard InChI is InChI=1S/C36H26N4/c37-22-17-15-21(16-18-22)23-19-20-30(38)34(29-12-6-10-27-25-8-2-4-14-32(25)40-36(27)29)33(23)28-11-5-9-26-24-7-1-3-13-31(24)39-35(26)28/h1-20,39-40H,37-38H2. The summed E-state index contributed by atoms with van der Waals surface area (Å²) in [4.78, 5) is 7.42. The third-order valence-corrected chi connectivity index (χ3v) is 8.08. The molecule has 0 unspecified atom stereocenters. The molecule has 8 aromatic rings. The summed E-state index contributed by atoms with van der Waals surface area (Å²) in [5.74, 6) is 0. The second-order valence-corrected chi connectivity index (χ2v) is 10.4. The van der Waals surface area contributed by atoms with Crippen LogP contribution in [0.25, 0.3) is 77.0 Å². The van der Waals surface area contributed by atoms with Gasteiger partial charge in [-0.15, -0.1) is 0 Å². The lowest BCUT2D eigenvalue weighted by molar-refractivity contribution is 1.51. The lowest BCUT2D eigenvalue weighted by atomic mass is 9.85. The largest absolute Gasteiger partial charge is 0.399 e. The second kappa shape index (κ2) is 8.52. The van der Waals surface area contributed by atoms with E-state index in [1.165, 1.54) is 21.5 Å². The van der Waals surface area contributed by atoms with Crippen molar-refractivity contribution in [3.05, 3.63) is 121 Å². The van der Waals surface area contributed by atoms with Crippen LogP contribution in [-0.4, -0.2) is 9.97 Å². The van der Waals surface area contributed by atoms with Gasteiger partial charge in [0.15, 0.2) is 0 Å². The van der Waals surface area contributed by atoms with Gasteiger partial charge in [-0.2, -0.15) is 0 Å². The van der Waals surface area contributed by atoms with Crippen molar-refractivity contribution in [2.24, 2.45) is 0 Å². The molecule has 0 atom stereocenters. The second-order valence-electron chi connectivity index (χ2n) is 10.4. The van der Waals surface area contributed by atoms with E-state index >= 15 is 0 Å². The minimum absolute atomic E-state index is 0.730. The Kier molecular flexibility index (Phi) is 4.79. The van der Waals surface area contributed by atoms with Crippen molar-refractivity contribution >= 4 is 55.0 Å². The van der Waals surface area contributed by atoms with Crippen LogP contribution in [0.4, 0.5) is 11.4 Å². The molecule has 0 aliphatic heterocycles. The molecule has 2 aromatic heterocycles. The smallest absolute Gasteiger partial charge is 0.0545 e. The van der Waals surface area contributed by atoms with Gasteiger partial charge in [0, 0.05) is 66.2 Å². The van der Waals surface area contributed by atoms with E-state index in [2.05, 4.69) is 113 Å². The molecule has 0 saturated heterocycles. The van der Waals surface area contributed by atoms with Crippen LogP contribution < -0.4 is 11.5 Å². The maximum Gasteiger partial charge on any atom is 0.0545 e. The molecule has 0 fully saturated rings. The third kappa shape index (κ3) is 3.26. The van der Waals surface area contributed by atoms with E-state index < -0.39 is 0 Å². The number of aromatic nitrogens is 2. The summed E-state index contributed by atoms with van der Waals surface area (Å²) < 4.78 is 0. The van der Waals surface area contributed by atoms with Crippen molar-refractivity contribution in [3.63, 3.8) is 0 Å². The predicted molar refractivity (Wildman–Crippen MR) is 170 cm³/mol. The Bertz CT molecular complexity index is 2230. The van der Waals surface area contributed by atoms with Gasteiger partial charge < -0.3 is 21.4 Å². The molecule has 4 heteroatoms. The molecule has 6 aromatic carbocycles. The zero-order valence-corrected chi connectivity index (χ0v) is 21.7. The first-order valence-corrected chi connectivity index (χ1v) is 13.5. The number of hydrogen-bond acceptors (Lipinski definition) is 2. The minimum Gasteiger partial charge on any atom is -0.399 e. The molecule has 0 saturated carbocycles. The van der Waals surface area contributed by atoms with Crippen molar-refractivity contribution in [2.75, 3.05) is 11.5 Å². The van der Waals surface area contributed by atoms with Gasteiger partial charge in [0.25, 0.3) is 0 Å². The van der Waals surface area contributed by atoms with Gasteiger partial charge in [0.05, 0.1) is 11.0 Å². The zero-order chi connectivity index (χ0) is 26.8. The number of para-hydroxylation sites is 4. The first-order valence-electron chi connectivity index (χ1n) is 13.5.